The topological polar surface area (TPSA) is 78.9 Å². The number of rotatable bonds is 3. The molecule has 0 aliphatic heterocycles. The van der Waals surface area contributed by atoms with Gasteiger partial charge in [0.05, 0.1) is 23.9 Å². The second kappa shape index (κ2) is 5.97. The van der Waals surface area contributed by atoms with Crippen LogP contribution < -0.4 is 5.32 Å². The van der Waals surface area contributed by atoms with Crippen LogP contribution in [-0.2, 0) is 11.2 Å². The summed E-state index contributed by atoms with van der Waals surface area (Å²) in [5.74, 6) is -0.257. The van der Waals surface area contributed by atoms with Gasteiger partial charge in [-0.3, -0.25) is 4.79 Å². The second-order valence-electron chi connectivity index (χ2n) is 4.37. The molecule has 0 unspecified atom stereocenters. The Morgan fingerprint density at radius 1 is 1.45 bits per heavy atom. The summed E-state index contributed by atoms with van der Waals surface area (Å²) < 4.78 is 5.38. The molecule has 110 valence electrons. The Kier molecular flexibility index (Phi) is 4.03. The largest absolute Gasteiger partial charge is 0.462 e. The molecule has 0 aliphatic rings. The number of hydrogen-bond acceptors (Lipinski definition) is 5. The van der Waals surface area contributed by atoms with Crippen molar-refractivity contribution >= 4 is 56.5 Å². The Morgan fingerprint density at radius 2 is 2.27 bits per heavy atom. The van der Waals surface area contributed by atoms with Gasteiger partial charge in [0.15, 0.2) is 10.7 Å². The van der Waals surface area contributed by atoms with Crippen LogP contribution in [0.1, 0.15) is 10.4 Å². The number of carbonyl (C=O) groups is 1. The highest BCUT2D eigenvalue weighted by Crippen LogP contribution is 2.33. The Morgan fingerprint density at radius 3 is 3.00 bits per heavy atom. The Balaban J connectivity index is 1.80. The molecule has 0 radical (unpaired) electrons. The van der Waals surface area contributed by atoms with Gasteiger partial charge in [-0.2, -0.15) is 5.26 Å². The molecule has 2 aromatic heterocycles. The van der Waals surface area contributed by atoms with E-state index in [1.165, 1.54) is 12.5 Å². The van der Waals surface area contributed by atoms with Crippen molar-refractivity contribution < 1.29 is 9.21 Å². The van der Waals surface area contributed by atoms with Crippen molar-refractivity contribution in [1.29, 1.82) is 5.26 Å². The lowest BCUT2D eigenvalue weighted by molar-refractivity contribution is -0.115. The fourth-order valence-electron chi connectivity index (χ4n) is 1.95. The van der Waals surface area contributed by atoms with Crippen molar-refractivity contribution in [2.24, 2.45) is 0 Å². The van der Waals surface area contributed by atoms with Crippen LogP contribution in [0.25, 0.3) is 11.0 Å². The smallest absolute Gasteiger partial charge is 0.230 e. The summed E-state index contributed by atoms with van der Waals surface area (Å²) >= 11 is 13.1. The van der Waals surface area contributed by atoms with Gasteiger partial charge in [-0.05, 0) is 12.1 Å². The third-order valence-electron chi connectivity index (χ3n) is 2.93. The van der Waals surface area contributed by atoms with Gasteiger partial charge in [-0.25, -0.2) is 4.98 Å². The highest BCUT2D eigenvalue weighted by Gasteiger charge is 2.15. The summed E-state index contributed by atoms with van der Waals surface area (Å²) in [5, 5.41) is 13.2. The molecule has 1 amide bonds. The zero-order valence-electron chi connectivity index (χ0n) is 10.9. The van der Waals surface area contributed by atoms with E-state index in [4.69, 9.17) is 32.9 Å². The summed E-state index contributed by atoms with van der Waals surface area (Å²) in [6.45, 7) is 0. The summed E-state index contributed by atoms with van der Waals surface area (Å²) in [6.07, 6.45) is 3.00. The first-order chi connectivity index (χ1) is 10.6. The maximum Gasteiger partial charge on any atom is 0.230 e. The molecule has 22 heavy (non-hydrogen) atoms. The predicted octanol–water partition coefficient (Wildman–Crippen LogP) is 4.25. The van der Waals surface area contributed by atoms with E-state index in [-0.39, 0.29) is 12.3 Å². The van der Waals surface area contributed by atoms with E-state index in [0.29, 0.717) is 31.2 Å². The SMILES string of the molecule is N#Cc1cnc(NC(=O)Cc2coc3c(Cl)c(Cl)ccc23)s1. The second-order valence-corrected chi connectivity index (χ2v) is 6.18. The van der Waals surface area contributed by atoms with Gasteiger partial charge in [-0.15, -0.1) is 0 Å². The van der Waals surface area contributed by atoms with Crippen molar-refractivity contribution in [3.8, 4) is 6.07 Å². The molecule has 3 aromatic rings. The third-order valence-corrected chi connectivity index (χ3v) is 4.53. The van der Waals surface area contributed by atoms with Crippen molar-refractivity contribution in [3.05, 3.63) is 45.1 Å². The van der Waals surface area contributed by atoms with Gasteiger partial charge >= 0.3 is 0 Å². The number of thiazole rings is 1. The van der Waals surface area contributed by atoms with E-state index in [1.54, 1.807) is 12.1 Å². The maximum absolute atomic E-state index is 12.0. The number of furan rings is 1. The normalized spacial score (nSPS) is 10.6. The number of nitriles is 1. The minimum absolute atomic E-state index is 0.104. The molecule has 0 bridgehead atoms. The molecule has 0 fully saturated rings. The van der Waals surface area contributed by atoms with Gasteiger partial charge < -0.3 is 9.73 Å². The predicted molar refractivity (Wildman–Crippen MR) is 85.4 cm³/mol. The number of nitrogens with one attached hydrogen (secondary N) is 1. The fourth-order valence-corrected chi connectivity index (χ4v) is 2.94. The lowest BCUT2D eigenvalue weighted by Gasteiger charge is -2.01. The molecule has 3 rings (SSSR count). The number of hydrogen-bond donors (Lipinski definition) is 1. The number of benzene rings is 1. The van der Waals surface area contributed by atoms with Crippen LogP contribution in [0.3, 0.4) is 0 Å². The first-order valence-corrected chi connectivity index (χ1v) is 7.65. The van der Waals surface area contributed by atoms with Crippen LogP contribution in [0.2, 0.25) is 10.0 Å². The molecule has 0 aliphatic carbocycles. The van der Waals surface area contributed by atoms with Crippen LogP contribution in [-0.4, -0.2) is 10.9 Å². The van der Waals surface area contributed by atoms with E-state index in [0.717, 1.165) is 16.7 Å². The van der Waals surface area contributed by atoms with Crippen molar-refractivity contribution in [2.45, 2.75) is 6.42 Å². The monoisotopic (exact) mass is 351 g/mol. The highest BCUT2D eigenvalue weighted by atomic mass is 35.5. The number of carbonyl (C=O) groups excluding carboxylic acids is 1. The lowest BCUT2D eigenvalue weighted by atomic mass is 10.1. The number of halogens is 2. The molecular weight excluding hydrogens is 345 g/mol. The zero-order valence-corrected chi connectivity index (χ0v) is 13.2. The minimum atomic E-state index is -0.257. The van der Waals surface area contributed by atoms with Crippen LogP contribution in [0.15, 0.2) is 29.0 Å². The van der Waals surface area contributed by atoms with E-state index >= 15 is 0 Å². The number of aromatic nitrogens is 1. The Bertz CT molecular complexity index is 911. The Labute approximate surface area is 139 Å². The standard InChI is InChI=1S/C14H7Cl2N3O2S/c15-10-2-1-9-7(6-21-13(9)12(10)16)3-11(20)19-14-18-5-8(4-17)22-14/h1-2,5-6H,3H2,(H,18,19,20). The van der Waals surface area contributed by atoms with Crippen LogP contribution in [0.5, 0.6) is 0 Å². The molecule has 0 spiro atoms. The molecule has 1 aromatic carbocycles. The molecule has 2 heterocycles. The van der Waals surface area contributed by atoms with Gasteiger partial charge in [0.1, 0.15) is 16.0 Å². The average Bonchev–Trinajstić information content (AvgIpc) is 3.10. The van der Waals surface area contributed by atoms with Crippen LogP contribution >= 0.6 is 34.5 Å². The maximum atomic E-state index is 12.0. The summed E-state index contributed by atoms with van der Waals surface area (Å²) in [5.41, 5.74) is 1.15. The van der Waals surface area contributed by atoms with Gasteiger partial charge in [-0.1, -0.05) is 34.5 Å². The van der Waals surface area contributed by atoms with E-state index < -0.39 is 0 Å². The van der Waals surface area contributed by atoms with Gasteiger partial charge in [0, 0.05) is 10.9 Å². The lowest BCUT2D eigenvalue weighted by Crippen LogP contribution is -2.13. The number of fused-ring (bicyclic) bond motifs is 1. The van der Waals surface area contributed by atoms with Gasteiger partial charge in [0.2, 0.25) is 5.91 Å². The third kappa shape index (κ3) is 2.79. The molecule has 0 saturated carbocycles. The van der Waals surface area contributed by atoms with Gasteiger partial charge in [0.25, 0.3) is 0 Å². The molecule has 0 atom stereocenters. The molecule has 5 nitrogen and oxygen atoms in total. The van der Waals surface area contributed by atoms with Crippen LogP contribution in [0.4, 0.5) is 5.13 Å². The fraction of sp³-hybridized carbons (Fsp3) is 0.0714. The molecule has 8 heteroatoms. The number of amides is 1. The number of nitrogens with zero attached hydrogens (tertiary/aromatic N) is 2. The summed E-state index contributed by atoms with van der Waals surface area (Å²) in [6, 6.07) is 5.38. The zero-order chi connectivity index (χ0) is 15.7. The highest BCUT2D eigenvalue weighted by molar-refractivity contribution is 7.16. The van der Waals surface area contributed by atoms with Crippen molar-refractivity contribution in [1.82, 2.24) is 4.98 Å². The van der Waals surface area contributed by atoms with Crippen molar-refractivity contribution in [2.75, 3.05) is 5.32 Å². The summed E-state index contributed by atoms with van der Waals surface area (Å²) in [4.78, 5) is 16.4. The Hall–Kier alpha value is -2.07. The van der Waals surface area contributed by atoms with E-state index in [9.17, 15) is 4.79 Å². The number of anilines is 1. The van der Waals surface area contributed by atoms with Crippen molar-refractivity contribution in [3.63, 3.8) is 0 Å². The van der Waals surface area contributed by atoms with E-state index in [2.05, 4.69) is 10.3 Å². The minimum Gasteiger partial charge on any atom is -0.462 e. The first-order valence-electron chi connectivity index (χ1n) is 6.08. The van der Waals surface area contributed by atoms with E-state index in [1.807, 2.05) is 6.07 Å². The molecule has 0 saturated heterocycles. The summed E-state index contributed by atoms with van der Waals surface area (Å²) in [7, 11) is 0. The quantitative estimate of drug-likeness (QED) is 0.764. The molecule has 1 N–H and O–H groups in total. The molecular formula is C14H7Cl2N3O2S. The first kappa shape index (κ1) is 14.9. The van der Waals surface area contributed by atoms with Crippen LogP contribution in [0, 0.1) is 11.3 Å². The average molecular weight is 352 g/mol.